The first kappa shape index (κ1) is 25.3. The number of nitrogens with zero attached hydrogens (tertiary/aromatic N) is 1. The molecule has 0 radical (unpaired) electrons. The van der Waals surface area contributed by atoms with Crippen molar-refractivity contribution < 1.29 is 23.8 Å². The van der Waals surface area contributed by atoms with Crippen LogP contribution in [0.15, 0.2) is 76.9 Å². The fraction of sp³-hybridized carbons (Fsp3) is 0.333. The summed E-state index contributed by atoms with van der Waals surface area (Å²) in [5.41, 5.74) is 2.31. The molecule has 3 aromatic rings. The zero-order valence-electron chi connectivity index (χ0n) is 21.3. The van der Waals surface area contributed by atoms with Gasteiger partial charge in [-0.15, -0.1) is 0 Å². The summed E-state index contributed by atoms with van der Waals surface area (Å²) in [7, 11) is 0. The average Bonchev–Trinajstić information content (AvgIpc) is 3.46. The monoisotopic (exact) mass is 487 g/mol. The molecular formula is C30H33NO5. The quantitative estimate of drug-likeness (QED) is 0.173. The number of amides is 1. The molecule has 2 heterocycles. The molecule has 0 spiro atoms. The summed E-state index contributed by atoms with van der Waals surface area (Å²) in [5, 5.41) is 11.4. The SMILES string of the molecule is CCCCOc1cccc(/C(O)=C2\C(=O)C(=O)N(Cc3ccco3)C2c2ccc(C(C)(C)C)cc2)c1. The Hall–Kier alpha value is -3.80. The fourth-order valence-electron chi connectivity index (χ4n) is 4.35. The van der Waals surface area contributed by atoms with Crippen LogP contribution in [0.5, 0.6) is 5.75 Å². The van der Waals surface area contributed by atoms with Gasteiger partial charge in [-0.05, 0) is 47.2 Å². The van der Waals surface area contributed by atoms with Crippen molar-refractivity contribution in [3.8, 4) is 5.75 Å². The number of Topliss-reactive ketones (excluding diaryl/α,β-unsaturated/α-hetero) is 1. The average molecular weight is 488 g/mol. The summed E-state index contributed by atoms with van der Waals surface area (Å²) in [6, 6.07) is 17.6. The lowest BCUT2D eigenvalue weighted by molar-refractivity contribution is -0.140. The Bertz CT molecular complexity index is 1250. The third kappa shape index (κ3) is 5.23. The molecule has 6 heteroatoms. The van der Waals surface area contributed by atoms with Gasteiger partial charge < -0.3 is 19.2 Å². The van der Waals surface area contributed by atoms with E-state index in [1.54, 1.807) is 30.3 Å². The van der Waals surface area contributed by atoms with E-state index in [2.05, 4.69) is 27.7 Å². The van der Waals surface area contributed by atoms with Crippen LogP contribution in [-0.2, 0) is 21.5 Å². The van der Waals surface area contributed by atoms with Gasteiger partial charge in [-0.1, -0.05) is 70.5 Å². The minimum Gasteiger partial charge on any atom is -0.507 e. The molecule has 0 saturated carbocycles. The van der Waals surface area contributed by atoms with Gasteiger partial charge in [0, 0.05) is 5.56 Å². The summed E-state index contributed by atoms with van der Waals surface area (Å²) in [4.78, 5) is 27.9. The lowest BCUT2D eigenvalue weighted by Crippen LogP contribution is -2.29. The van der Waals surface area contributed by atoms with Crippen molar-refractivity contribution in [2.45, 2.75) is 58.5 Å². The number of hydrogen-bond acceptors (Lipinski definition) is 5. The van der Waals surface area contributed by atoms with Crippen LogP contribution in [-0.4, -0.2) is 28.3 Å². The number of carbonyl (C=O) groups is 2. The molecule has 1 unspecified atom stereocenters. The topological polar surface area (TPSA) is 80.0 Å². The first-order valence-electron chi connectivity index (χ1n) is 12.3. The van der Waals surface area contributed by atoms with E-state index in [1.165, 1.54) is 11.2 Å². The van der Waals surface area contributed by atoms with E-state index in [0.717, 1.165) is 24.0 Å². The highest BCUT2D eigenvalue weighted by molar-refractivity contribution is 6.46. The predicted molar refractivity (Wildman–Crippen MR) is 139 cm³/mol. The molecule has 0 bridgehead atoms. The van der Waals surface area contributed by atoms with Crippen LogP contribution < -0.4 is 4.74 Å². The first-order chi connectivity index (χ1) is 17.2. The van der Waals surface area contributed by atoms with Crippen molar-refractivity contribution in [3.05, 3.63) is 95.0 Å². The molecule has 4 rings (SSSR count). The number of rotatable bonds is 8. The van der Waals surface area contributed by atoms with Gasteiger partial charge in [-0.25, -0.2) is 0 Å². The standard InChI is InChI=1S/C30H33NO5/c1-5-6-16-35-23-10-7-9-21(18-23)27(32)25-26(20-12-14-22(15-13-20)30(2,3)4)31(29(34)28(25)33)19-24-11-8-17-36-24/h7-15,17-18,26,32H,5-6,16,19H2,1-4H3/b27-25+. The van der Waals surface area contributed by atoms with Gasteiger partial charge in [0.15, 0.2) is 0 Å². The highest BCUT2D eigenvalue weighted by Gasteiger charge is 2.46. The zero-order chi connectivity index (χ0) is 25.9. The third-order valence-electron chi connectivity index (χ3n) is 6.41. The molecule has 2 aromatic carbocycles. The van der Waals surface area contributed by atoms with Crippen LogP contribution in [0.25, 0.3) is 5.76 Å². The van der Waals surface area contributed by atoms with Crippen molar-refractivity contribution >= 4 is 17.4 Å². The van der Waals surface area contributed by atoms with Crippen LogP contribution in [0.4, 0.5) is 0 Å². The molecule has 1 aliphatic rings. The summed E-state index contributed by atoms with van der Waals surface area (Å²) in [6.45, 7) is 9.14. The van der Waals surface area contributed by atoms with E-state index in [-0.39, 0.29) is 23.3 Å². The van der Waals surface area contributed by atoms with Crippen molar-refractivity contribution in [1.82, 2.24) is 4.90 Å². The molecule has 6 nitrogen and oxygen atoms in total. The van der Waals surface area contributed by atoms with Crippen molar-refractivity contribution in [3.63, 3.8) is 0 Å². The van der Waals surface area contributed by atoms with Crippen LogP contribution in [0, 0.1) is 0 Å². The van der Waals surface area contributed by atoms with E-state index < -0.39 is 17.7 Å². The Morgan fingerprint density at radius 3 is 2.44 bits per heavy atom. The van der Waals surface area contributed by atoms with Gasteiger partial charge in [0.25, 0.3) is 11.7 Å². The molecule has 1 N–H and O–H groups in total. The molecule has 36 heavy (non-hydrogen) atoms. The molecule has 1 fully saturated rings. The van der Waals surface area contributed by atoms with Crippen LogP contribution >= 0.6 is 0 Å². The van der Waals surface area contributed by atoms with E-state index in [1.807, 2.05) is 30.3 Å². The summed E-state index contributed by atoms with van der Waals surface area (Å²) < 4.78 is 11.3. The number of carbonyl (C=O) groups excluding carboxylic acids is 2. The number of benzene rings is 2. The van der Waals surface area contributed by atoms with Crippen molar-refractivity contribution in [1.29, 1.82) is 0 Å². The lowest BCUT2D eigenvalue weighted by atomic mass is 9.85. The smallest absolute Gasteiger partial charge is 0.296 e. The van der Waals surface area contributed by atoms with Gasteiger partial charge in [0.05, 0.1) is 31.0 Å². The summed E-state index contributed by atoms with van der Waals surface area (Å²) in [6.07, 6.45) is 3.45. The van der Waals surface area contributed by atoms with Crippen LogP contribution in [0.1, 0.15) is 69.0 Å². The van der Waals surface area contributed by atoms with Gasteiger partial charge in [0.2, 0.25) is 0 Å². The Kier molecular flexibility index (Phi) is 7.34. The molecule has 188 valence electrons. The number of likely N-dealkylation sites (tertiary alicyclic amines) is 1. The van der Waals surface area contributed by atoms with Gasteiger partial charge in [-0.2, -0.15) is 0 Å². The summed E-state index contributed by atoms with van der Waals surface area (Å²) in [5.74, 6) is -0.460. The number of unbranched alkanes of at least 4 members (excludes halogenated alkanes) is 1. The Morgan fingerprint density at radius 2 is 1.81 bits per heavy atom. The minimum absolute atomic E-state index is 0.0489. The highest BCUT2D eigenvalue weighted by atomic mass is 16.5. The maximum atomic E-state index is 13.3. The number of aliphatic hydroxyl groups is 1. The number of furan rings is 1. The fourth-order valence-corrected chi connectivity index (χ4v) is 4.35. The van der Waals surface area contributed by atoms with Gasteiger partial charge in [0.1, 0.15) is 17.3 Å². The first-order valence-corrected chi connectivity index (χ1v) is 12.3. The zero-order valence-corrected chi connectivity index (χ0v) is 21.3. The van der Waals surface area contributed by atoms with E-state index in [9.17, 15) is 14.7 Å². The molecular weight excluding hydrogens is 454 g/mol. The van der Waals surface area contributed by atoms with E-state index in [4.69, 9.17) is 9.15 Å². The summed E-state index contributed by atoms with van der Waals surface area (Å²) >= 11 is 0. The Labute approximate surface area is 212 Å². The third-order valence-corrected chi connectivity index (χ3v) is 6.41. The molecule has 1 saturated heterocycles. The minimum atomic E-state index is -0.756. The lowest BCUT2D eigenvalue weighted by Gasteiger charge is -2.26. The molecule has 1 atom stereocenters. The molecule has 1 amide bonds. The van der Waals surface area contributed by atoms with Crippen molar-refractivity contribution in [2.24, 2.45) is 0 Å². The number of aliphatic hydroxyl groups excluding tert-OH is 1. The number of ether oxygens (including phenoxy) is 1. The van der Waals surface area contributed by atoms with Gasteiger partial charge >= 0.3 is 0 Å². The highest BCUT2D eigenvalue weighted by Crippen LogP contribution is 2.41. The Balaban J connectivity index is 1.79. The largest absolute Gasteiger partial charge is 0.507 e. The Morgan fingerprint density at radius 1 is 1.06 bits per heavy atom. The van der Waals surface area contributed by atoms with Crippen LogP contribution in [0.2, 0.25) is 0 Å². The number of hydrogen-bond donors (Lipinski definition) is 1. The van der Waals surface area contributed by atoms with E-state index in [0.29, 0.717) is 23.7 Å². The van der Waals surface area contributed by atoms with E-state index >= 15 is 0 Å². The maximum absolute atomic E-state index is 13.3. The second kappa shape index (κ2) is 10.4. The van der Waals surface area contributed by atoms with Crippen LogP contribution in [0.3, 0.4) is 0 Å². The maximum Gasteiger partial charge on any atom is 0.296 e. The second-order valence-electron chi connectivity index (χ2n) is 10.1. The normalized spacial score (nSPS) is 17.6. The molecule has 1 aromatic heterocycles. The number of ketones is 1. The predicted octanol–water partition coefficient (Wildman–Crippen LogP) is 6.38. The molecule has 0 aliphatic carbocycles. The second-order valence-corrected chi connectivity index (χ2v) is 10.1. The van der Waals surface area contributed by atoms with Crippen molar-refractivity contribution in [2.75, 3.05) is 6.61 Å². The van der Waals surface area contributed by atoms with Gasteiger partial charge in [-0.3, -0.25) is 9.59 Å². The molecule has 1 aliphatic heterocycles.